The Morgan fingerprint density at radius 3 is 2.34 bits per heavy atom. The normalized spacial score (nSPS) is 10.9. The fourth-order valence-corrected chi connectivity index (χ4v) is 3.78. The Labute approximate surface area is 182 Å². The standard InChI is InChI=1S/C23H21N3O6/c1-12-6-5-7-14(22(27)28)20(12)15-10-17-16(11-24-15)25-23(29)26(17)13-8-18(30-2)21(32-4)19(9-13)31-3/h5-11H,1-4H3,(H,25,29)(H,27,28). The molecule has 0 bridgehead atoms. The number of nitrogens with one attached hydrogen (secondary N) is 1. The van der Waals surface area contributed by atoms with Gasteiger partial charge < -0.3 is 24.3 Å². The fraction of sp³-hybridized carbons (Fsp3) is 0.174. The van der Waals surface area contributed by atoms with Crippen LogP contribution in [0, 0.1) is 6.92 Å². The molecular formula is C23H21N3O6. The Bertz CT molecular complexity index is 1380. The van der Waals surface area contributed by atoms with Crippen LogP contribution < -0.4 is 19.9 Å². The summed E-state index contributed by atoms with van der Waals surface area (Å²) in [4.78, 5) is 31.8. The van der Waals surface area contributed by atoms with E-state index >= 15 is 0 Å². The molecule has 9 heteroatoms. The number of H-pyrrole nitrogens is 1. The number of imidazole rings is 1. The van der Waals surface area contributed by atoms with E-state index in [4.69, 9.17) is 14.2 Å². The first-order valence-corrected chi connectivity index (χ1v) is 9.64. The second-order valence-corrected chi connectivity index (χ2v) is 7.04. The van der Waals surface area contributed by atoms with Gasteiger partial charge in [-0.05, 0) is 24.6 Å². The van der Waals surface area contributed by atoms with Gasteiger partial charge >= 0.3 is 11.7 Å². The van der Waals surface area contributed by atoms with E-state index in [0.29, 0.717) is 45.2 Å². The first kappa shape index (κ1) is 21.0. The van der Waals surface area contributed by atoms with Gasteiger partial charge in [0.15, 0.2) is 11.5 Å². The summed E-state index contributed by atoms with van der Waals surface area (Å²) < 4.78 is 17.6. The Morgan fingerprint density at radius 1 is 1.06 bits per heavy atom. The summed E-state index contributed by atoms with van der Waals surface area (Å²) in [6.07, 6.45) is 1.51. The van der Waals surface area contributed by atoms with Crippen LogP contribution in [0.5, 0.6) is 17.2 Å². The molecule has 0 amide bonds. The SMILES string of the molecule is COc1cc(-n2c(=O)[nH]c3cnc(-c4c(C)cccc4C(=O)O)cc32)cc(OC)c1OC. The lowest BCUT2D eigenvalue weighted by molar-refractivity contribution is 0.0697. The van der Waals surface area contributed by atoms with Gasteiger partial charge in [0.2, 0.25) is 5.75 Å². The zero-order valence-corrected chi connectivity index (χ0v) is 17.9. The molecule has 0 aliphatic heterocycles. The molecule has 2 aromatic heterocycles. The number of benzene rings is 2. The number of carbonyl (C=O) groups is 1. The molecule has 0 aliphatic carbocycles. The van der Waals surface area contributed by atoms with Gasteiger partial charge in [-0.25, -0.2) is 9.59 Å². The van der Waals surface area contributed by atoms with E-state index in [0.717, 1.165) is 5.56 Å². The first-order chi connectivity index (χ1) is 15.4. The molecule has 9 nitrogen and oxygen atoms in total. The van der Waals surface area contributed by atoms with E-state index < -0.39 is 11.7 Å². The van der Waals surface area contributed by atoms with Crippen LogP contribution in [0.25, 0.3) is 28.0 Å². The Morgan fingerprint density at radius 2 is 1.75 bits per heavy atom. The number of nitrogens with zero attached hydrogens (tertiary/aromatic N) is 2. The summed E-state index contributed by atoms with van der Waals surface area (Å²) in [5, 5.41) is 9.64. The number of aromatic nitrogens is 3. The summed E-state index contributed by atoms with van der Waals surface area (Å²) in [7, 11) is 4.48. The second kappa shape index (κ2) is 8.10. The quantitative estimate of drug-likeness (QED) is 0.477. The Balaban J connectivity index is 2.00. The van der Waals surface area contributed by atoms with E-state index in [9.17, 15) is 14.7 Å². The van der Waals surface area contributed by atoms with Gasteiger partial charge in [-0.2, -0.15) is 0 Å². The monoisotopic (exact) mass is 435 g/mol. The van der Waals surface area contributed by atoms with Crippen molar-refractivity contribution in [3.63, 3.8) is 0 Å². The van der Waals surface area contributed by atoms with Crippen molar-refractivity contribution in [1.82, 2.24) is 14.5 Å². The lowest BCUT2D eigenvalue weighted by Crippen LogP contribution is -2.15. The van der Waals surface area contributed by atoms with Crippen LogP contribution in [0.1, 0.15) is 15.9 Å². The first-order valence-electron chi connectivity index (χ1n) is 9.64. The number of hydrogen-bond donors (Lipinski definition) is 2. The molecule has 0 fully saturated rings. The number of hydrogen-bond acceptors (Lipinski definition) is 6. The molecular weight excluding hydrogens is 414 g/mol. The molecule has 0 atom stereocenters. The maximum Gasteiger partial charge on any atom is 0.336 e. The van der Waals surface area contributed by atoms with E-state index in [2.05, 4.69) is 9.97 Å². The number of carboxylic acids is 1. The van der Waals surface area contributed by atoms with Crippen molar-refractivity contribution in [3.05, 3.63) is 64.2 Å². The maximum absolute atomic E-state index is 12.9. The van der Waals surface area contributed by atoms with Crippen LogP contribution in [-0.4, -0.2) is 46.9 Å². The summed E-state index contributed by atoms with van der Waals surface area (Å²) in [5.74, 6) is 0.135. The van der Waals surface area contributed by atoms with Crippen LogP contribution in [0.15, 0.2) is 47.4 Å². The Hall–Kier alpha value is -4.27. The molecule has 0 spiro atoms. The summed E-state index contributed by atoms with van der Waals surface area (Å²) in [6, 6.07) is 10.0. The van der Waals surface area contributed by atoms with E-state index in [1.807, 2.05) is 13.0 Å². The molecule has 0 saturated carbocycles. The topological polar surface area (TPSA) is 116 Å². The van der Waals surface area contributed by atoms with Gasteiger partial charge in [0, 0.05) is 17.7 Å². The lowest BCUT2D eigenvalue weighted by atomic mass is 9.98. The zero-order valence-electron chi connectivity index (χ0n) is 17.9. The van der Waals surface area contributed by atoms with Crippen LogP contribution in [0.3, 0.4) is 0 Å². The number of fused-ring (bicyclic) bond motifs is 1. The van der Waals surface area contributed by atoms with Gasteiger partial charge in [-0.3, -0.25) is 9.55 Å². The summed E-state index contributed by atoms with van der Waals surface area (Å²) >= 11 is 0. The van der Waals surface area contributed by atoms with Crippen LogP contribution in [0.2, 0.25) is 0 Å². The van der Waals surface area contributed by atoms with Crippen molar-refractivity contribution in [1.29, 1.82) is 0 Å². The number of pyridine rings is 1. The van der Waals surface area contributed by atoms with E-state index in [-0.39, 0.29) is 5.56 Å². The highest BCUT2D eigenvalue weighted by Gasteiger charge is 2.20. The molecule has 2 aromatic carbocycles. The number of aromatic carboxylic acids is 1. The molecule has 4 rings (SSSR count). The smallest absolute Gasteiger partial charge is 0.336 e. The third-order valence-electron chi connectivity index (χ3n) is 5.23. The van der Waals surface area contributed by atoms with E-state index in [1.54, 1.807) is 24.3 Å². The molecule has 2 N–H and O–H groups in total. The number of aromatic amines is 1. The molecule has 2 heterocycles. The predicted molar refractivity (Wildman–Crippen MR) is 118 cm³/mol. The van der Waals surface area contributed by atoms with Crippen LogP contribution >= 0.6 is 0 Å². The van der Waals surface area contributed by atoms with Crippen molar-refractivity contribution in [2.24, 2.45) is 0 Å². The highest BCUT2D eigenvalue weighted by atomic mass is 16.5. The zero-order chi connectivity index (χ0) is 23.0. The minimum absolute atomic E-state index is 0.133. The predicted octanol–water partition coefficient (Wildman–Crippen LogP) is 3.41. The van der Waals surface area contributed by atoms with Crippen molar-refractivity contribution in [3.8, 4) is 34.2 Å². The minimum Gasteiger partial charge on any atom is -0.493 e. The van der Waals surface area contributed by atoms with Gasteiger partial charge in [-0.1, -0.05) is 12.1 Å². The lowest BCUT2D eigenvalue weighted by Gasteiger charge is -2.15. The highest BCUT2D eigenvalue weighted by Crippen LogP contribution is 2.39. The molecule has 164 valence electrons. The molecule has 32 heavy (non-hydrogen) atoms. The number of carboxylic acid groups (broad SMARTS) is 1. The minimum atomic E-state index is -1.05. The average molecular weight is 435 g/mol. The molecule has 0 radical (unpaired) electrons. The molecule has 0 saturated heterocycles. The van der Waals surface area contributed by atoms with Gasteiger partial charge in [0.25, 0.3) is 0 Å². The van der Waals surface area contributed by atoms with Crippen molar-refractivity contribution < 1.29 is 24.1 Å². The van der Waals surface area contributed by atoms with E-state index in [1.165, 1.54) is 38.2 Å². The van der Waals surface area contributed by atoms with Gasteiger partial charge in [0.1, 0.15) is 0 Å². The summed E-state index contributed by atoms with van der Waals surface area (Å²) in [5.41, 5.74) is 2.93. The maximum atomic E-state index is 12.9. The molecule has 0 aliphatic rings. The van der Waals surface area contributed by atoms with Crippen molar-refractivity contribution >= 4 is 17.0 Å². The summed E-state index contributed by atoms with van der Waals surface area (Å²) in [6.45, 7) is 1.82. The second-order valence-electron chi connectivity index (χ2n) is 7.04. The number of methoxy groups -OCH3 is 3. The molecule has 0 unspecified atom stereocenters. The largest absolute Gasteiger partial charge is 0.493 e. The average Bonchev–Trinajstić information content (AvgIpc) is 3.12. The van der Waals surface area contributed by atoms with Gasteiger partial charge in [0.05, 0.1) is 55.5 Å². The van der Waals surface area contributed by atoms with Crippen LogP contribution in [0.4, 0.5) is 0 Å². The highest BCUT2D eigenvalue weighted by molar-refractivity contribution is 5.97. The molecule has 4 aromatic rings. The number of aryl methyl sites for hydroxylation is 1. The Kier molecular flexibility index (Phi) is 5.31. The third kappa shape index (κ3) is 3.33. The number of rotatable bonds is 6. The third-order valence-corrected chi connectivity index (χ3v) is 5.23. The fourth-order valence-electron chi connectivity index (χ4n) is 3.78. The van der Waals surface area contributed by atoms with Crippen LogP contribution in [-0.2, 0) is 0 Å². The van der Waals surface area contributed by atoms with Gasteiger partial charge in [-0.15, -0.1) is 0 Å². The number of ether oxygens (including phenoxy) is 3. The van der Waals surface area contributed by atoms with Crippen molar-refractivity contribution in [2.75, 3.05) is 21.3 Å². The van der Waals surface area contributed by atoms with Crippen molar-refractivity contribution in [2.45, 2.75) is 6.92 Å².